The van der Waals surface area contributed by atoms with Gasteiger partial charge < -0.3 is 9.80 Å². The summed E-state index contributed by atoms with van der Waals surface area (Å²) in [6, 6.07) is 11.8. The highest BCUT2D eigenvalue weighted by atomic mass is 15.6. The van der Waals surface area contributed by atoms with E-state index in [2.05, 4.69) is 57.5 Å². The molecular weight excluding hydrogens is 324 g/mol. The molecule has 1 aliphatic carbocycles. The lowest BCUT2D eigenvalue weighted by molar-refractivity contribution is -1.03. The molecule has 1 saturated heterocycles. The minimum atomic E-state index is 0.434. The molecule has 2 N–H and O–H groups in total. The van der Waals surface area contributed by atoms with Gasteiger partial charge in [-0.25, -0.2) is 4.68 Å². The van der Waals surface area contributed by atoms with E-state index in [0.29, 0.717) is 12.1 Å². The zero-order chi connectivity index (χ0) is 17.8. The van der Waals surface area contributed by atoms with Gasteiger partial charge in [0, 0.05) is 12.0 Å². The van der Waals surface area contributed by atoms with E-state index in [9.17, 15) is 0 Å². The summed E-state index contributed by atoms with van der Waals surface area (Å²) < 4.78 is 2.16. The summed E-state index contributed by atoms with van der Waals surface area (Å²) in [7, 11) is 0. The van der Waals surface area contributed by atoms with E-state index in [-0.39, 0.29) is 0 Å². The predicted octanol–water partition coefficient (Wildman–Crippen LogP) is 0.223. The standard InChI is InChI=1S/C20H30N6/c1-2-19(20-21-22-23-26(20)18-10-6-7-11-18)25-14-12-24(13-15-25)16-17-8-4-3-5-9-17/h3-5,8-9,18-19H,2,6-7,10-16H2,1H3/p+2/t19-/m0/s1. The normalized spacial score (nSPS) is 25.4. The van der Waals surface area contributed by atoms with Crippen molar-refractivity contribution in [1.29, 1.82) is 0 Å². The maximum Gasteiger partial charge on any atom is 0.209 e. The SMILES string of the molecule is CC[C@@H](c1nnnn1C1CCCC1)[NH+]1CC[NH+](Cc2ccccc2)CC1. The fraction of sp³-hybridized carbons (Fsp3) is 0.650. The lowest BCUT2D eigenvalue weighted by Crippen LogP contribution is -3.27. The molecule has 140 valence electrons. The molecule has 6 heteroatoms. The summed E-state index contributed by atoms with van der Waals surface area (Å²) in [6.45, 7) is 8.30. The monoisotopic (exact) mass is 356 g/mol. The highest BCUT2D eigenvalue weighted by Gasteiger charge is 2.34. The van der Waals surface area contributed by atoms with Crippen LogP contribution >= 0.6 is 0 Å². The topological polar surface area (TPSA) is 52.5 Å². The third kappa shape index (κ3) is 3.81. The summed E-state index contributed by atoms with van der Waals surface area (Å²) in [5.74, 6) is 1.13. The maximum absolute atomic E-state index is 4.47. The van der Waals surface area contributed by atoms with Crippen LogP contribution in [0.4, 0.5) is 0 Å². The molecule has 4 rings (SSSR count). The van der Waals surface area contributed by atoms with Gasteiger partial charge in [0.2, 0.25) is 5.82 Å². The van der Waals surface area contributed by atoms with Gasteiger partial charge in [0.1, 0.15) is 38.8 Å². The lowest BCUT2D eigenvalue weighted by Gasteiger charge is -2.34. The van der Waals surface area contributed by atoms with Gasteiger partial charge in [-0.3, -0.25) is 0 Å². The van der Waals surface area contributed by atoms with Crippen LogP contribution in [0.1, 0.15) is 62.5 Å². The molecule has 1 aromatic heterocycles. The number of benzene rings is 1. The van der Waals surface area contributed by atoms with Crippen molar-refractivity contribution in [3.05, 3.63) is 41.7 Å². The fourth-order valence-corrected chi connectivity index (χ4v) is 4.83. The van der Waals surface area contributed by atoms with Crippen LogP contribution in [-0.4, -0.2) is 46.4 Å². The second-order valence-electron chi connectivity index (χ2n) is 7.95. The summed E-state index contributed by atoms with van der Waals surface area (Å²) >= 11 is 0. The Morgan fingerprint density at radius 3 is 2.50 bits per heavy atom. The molecule has 0 radical (unpaired) electrons. The summed E-state index contributed by atoms with van der Waals surface area (Å²) in [6.07, 6.45) is 6.21. The summed E-state index contributed by atoms with van der Waals surface area (Å²) in [5.41, 5.74) is 1.45. The molecule has 2 aromatic rings. The number of piperazine rings is 1. The Bertz CT molecular complexity index is 671. The zero-order valence-electron chi connectivity index (χ0n) is 15.9. The van der Waals surface area contributed by atoms with E-state index in [1.807, 2.05) is 0 Å². The average molecular weight is 357 g/mol. The molecule has 1 atom stereocenters. The molecule has 1 saturated carbocycles. The smallest absolute Gasteiger partial charge is 0.209 e. The van der Waals surface area contributed by atoms with Crippen molar-refractivity contribution >= 4 is 0 Å². The van der Waals surface area contributed by atoms with Gasteiger partial charge in [-0.15, -0.1) is 5.10 Å². The van der Waals surface area contributed by atoms with E-state index < -0.39 is 0 Å². The predicted molar refractivity (Wildman–Crippen MR) is 99.9 cm³/mol. The molecular formula is C20H32N6+2. The molecule has 2 fully saturated rings. The van der Waals surface area contributed by atoms with Gasteiger partial charge in [-0.05, 0) is 23.3 Å². The third-order valence-electron chi connectivity index (χ3n) is 6.30. The molecule has 6 nitrogen and oxygen atoms in total. The average Bonchev–Trinajstić information content (AvgIpc) is 3.36. The minimum Gasteiger partial charge on any atom is -0.322 e. The second-order valence-corrected chi connectivity index (χ2v) is 7.95. The van der Waals surface area contributed by atoms with Crippen molar-refractivity contribution < 1.29 is 9.80 Å². The number of hydrogen-bond donors (Lipinski definition) is 2. The molecule has 0 unspecified atom stereocenters. The summed E-state index contributed by atoms with van der Waals surface area (Å²) in [5, 5.41) is 12.9. The lowest BCUT2D eigenvalue weighted by atomic mass is 10.1. The number of quaternary nitrogens is 2. The molecule has 2 aliphatic rings. The largest absolute Gasteiger partial charge is 0.322 e. The van der Waals surface area contributed by atoms with E-state index >= 15 is 0 Å². The Labute approximate surface area is 156 Å². The van der Waals surface area contributed by atoms with Crippen molar-refractivity contribution in [1.82, 2.24) is 20.2 Å². The van der Waals surface area contributed by atoms with Crippen LogP contribution < -0.4 is 9.80 Å². The van der Waals surface area contributed by atoms with Crippen molar-refractivity contribution in [2.75, 3.05) is 26.2 Å². The highest BCUT2D eigenvalue weighted by molar-refractivity contribution is 5.13. The third-order valence-corrected chi connectivity index (χ3v) is 6.30. The molecule has 0 bridgehead atoms. The quantitative estimate of drug-likeness (QED) is 0.779. The van der Waals surface area contributed by atoms with Crippen LogP contribution in [0.3, 0.4) is 0 Å². The molecule has 26 heavy (non-hydrogen) atoms. The minimum absolute atomic E-state index is 0.434. The fourth-order valence-electron chi connectivity index (χ4n) is 4.83. The number of tetrazole rings is 1. The van der Waals surface area contributed by atoms with Crippen molar-refractivity contribution in [3.63, 3.8) is 0 Å². The van der Waals surface area contributed by atoms with Crippen LogP contribution in [0, 0.1) is 0 Å². The Morgan fingerprint density at radius 2 is 1.81 bits per heavy atom. The first-order chi connectivity index (χ1) is 12.8. The molecule has 0 spiro atoms. The number of nitrogens with zero attached hydrogens (tertiary/aromatic N) is 4. The Kier molecular flexibility index (Phi) is 5.60. The van der Waals surface area contributed by atoms with Gasteiger partial charge in [0.05, 0.1) is 6.04 Å². The maximum atomic E-state index is 4.47. The van der Waals surface area contributed by atoms with Crippen molar-refractivity contribution in [2.45, 2.75) is 57.7 Å². The van der Waals surface area contributed by atoms with Gasteiger partial charge in [-0.1, -0.05) is 50.1 Å². The van der Waals surface area contributed by atoms with Crippen LogP contribution in [0.2, 0.25) is 0 Å². The molecule has 1 aromatic carbocycles. The zero-order valence-corrected chi connectivity index (χ0v) is 15.9. The number of rotatable bonds is 6. The van der Waals surface area contributed by atoms with Gasteiger partial charge in [0.15, 0.2) is 0 Å². The van der Waals surface area contributed by atoms with Crippen LogP contribution in [0.5, 0.6) is 0 Å². The molecule has 2 heterocycles. The van der Waals surface area contributed by atoms with Crippen LogP contribution in [0.25, 0.3) is 0 Å². The first kappa shape index (κ1) is 17.6. The number of nitrogens with one attached hydrogen (secondary N) is 2. The number of hydrogen-bond acceptors (Lipinski definition) is 3. The van der Waals surface area contributed by atoms with E-state index in [1.165, 1.54) is 57.4 Å². The van der Waals surface area contributed by atoms with Crippen molar-refractivity contribution in [2.24, 2.45) is 0 Å². The highest BCUT2D eigenvalue weighted by Crippen LogP contribution is 2.30. The Hall–Kier alpha value is -1.79. The van der Waals surface area contributed by atoms with E-state index in [1.54, 1.807) is 9.80 Å². The first-order valence-corrected chi connectivity index (χ1v) is 10.3. The van der Waals surface area contributed by atoms with E-state index in [0.717, 1.165) is 18.8 Å². The van der Waals surface area contributed by atoms with Gasteiger partial charge in [0.25, 0.3) is 0 Å². The van der Waals surface area contributed by atoms with Crippen LogP contribution in [-0.2, 0) is 6.54 Å². The summed E-state index contributed by atoms with van der Waals surface area (Å²) in [4.78, 5) is 3.36. The van der Waals surface area contributed by atoms with Gasteiger partial charge in [-0.2, -0.15) is 0 Å². The van der Waals surface area contributed by atoms with E-state index in [4.69, 9.17) is 0 Å². The first-order valence-electron chi connectivity index (χ1n) is 10.3. The molecule has 0 amide bonds. The Balaban J connectivity index is 1.39. The molecule has 1 aliphatic heterocycles. The number of aromatic nitrogens is 4. The van der Waals surface area contributed by atoms with Crippen LogP contribution in [0.15, 0.2) is 30.3 Å². The van der Waals surface area contributed by atoms with Crippen molar-refractivity contribution in [3.8, 4) is 0 Å². The second kappa shape index (κ2) is 8.27. The van der Waals surface area contributed by atoms with Gasteiger partial charge >= 0.3 is 0 Å². The Morgan fingerprint density at radius 1 is 1.08 bits per heavy atom.